The number of fused-ring (bicyclic) bond motifs is 15. The molecule has 0 radical (unpaired) electrons. The van der Waals surface area contributed by atoms with Crippen molar-refractivity contribution in [1.82, 2.24) is 0 Å². The third kappa shape index (κ3) is 5.42. The molecule has 11 aromatic rings. The Hall–Kier alpha value is -7.78. The highest BCUT2D eigenvalue weighted by Gasteiger charge is 2.50. The lowest BCUT2D eigenvalue weighted by Crippen LogP contribution is -2.29. The molecule has 0 saturated carbocycles. The molecule has 63 heavy (non-hydrogen) atoms. The first kappa shape index (κ1) is 35.9. The third-order valence-electron chi connectivity index (χ3n) is 13.5. The molecule has 2 heteroatoms. The molecule has 0 fully saturated rings. The Morgan fingerprint density at radius 1 is 0.270 bits per heavy atom. The van der Waals surface area contributed by atoms with Crippen LogP contribution in [0.2, 0.25) is 0 Å². The quantitative estimate of drug-likeness (QED) is 0.167. The fourth-order valence-corrected chi connectivity index (χ4v) is 11.9. The van der Waals surface area contributed by atoms with Gasteiger partial charge < -0.3 is 4.90 Å². The summed E-state index contributed by atoms with van der Waals surface area (Å²) in [6.07, 6.45) is 0. The third-order valence-corrected chi connectivity index (χ3v) is 14.6. The first-order chi connectivity index (χ1) is 31.2. The number of anilines is 3. The maximum Gasteiger partial charge on any atom is 0.0725 e. The normalized spacial score (nSPS) is 14.4. The van der Waals surface area contributed by atoms with E-state index in [1.54, 1.807) is 0 Å². The molecule has 1 unspecified atom stereocenters. The van der Waals surface area contributed by atoms with Gasteiger partial charge in [0.05, 0.1) is 5.41 Å². The molecule has 0 bridgehead atoms. The average molecular weight is 818 g/mol. The van der Waals surface area contributed by atoms with Crippen LogP contribution in [0.5, 0.6) is 0 Å². The standard InChI is InChI=1S/C61H39NS/c1-3-15-40(16-4-1)42-27-31-44(32-28-42)62(45-33-29-43(30-34-45)41-17-5-2-6-18-41)46-35-36-57-52(37-46)48-20-8-7-19-47(48)49-21-9-12-24-55(49)61(57)56-25-13-10-22-50(56)53-39-60-54(38-58(53)61)51-23-11-14-26-59(51)63-60/h1-39H. The van der Waals surface area contributed by atoms with Crippen molar-refractivity contribution < 1.29 is 0 Å². The fraction of sp³-hybridized carbons (Fsp3) is 0.0164. The summed E-state index contributed by atoms with van der Waals surface area (Å²) < 4.78 is 2.65. The average Bonchev–Trinajstić information content (AvgIpc) is 3.83. The van der Waals surface area contributed by atoms with Gasteiger partial charge in [-0.2, -0.15) is 0 Å². The van der Waals surface area contributed by atoms with Crippen molar-refractivity contribution in [3.63, 3.8) is 0 Å². The van der Waals surface area contributed by atoms with Gasteiger partial charge in [0, 0.05) is 37.2 Å². The number of thiophene rings is 1. The van der Waals surface area contributed by atoms with E-state index in [1.807, 2.05) is 11.3 Å². The largest absolute Gasteiger partial charge is 0.310 e. The van der Waals surface area contributed by atoms with Crippen molar-refractivity contribution in [2.45, 2.75) is 5.41 Å². The minimum Gasteiger partial charge on any atom is -0.310 e. The second-order valence-electron chi connectivity index (χ2n) is 16.8. The van der Waals surface area contributed by atoms with Gasteiger partial charge in [0.25, 0.3) is 0 Å². The van der Waals surface area contributed by atoms with Crippen molar-refractivity contribution in [2.24, 2.45) is 0 Å². The van der Waals surface area contributed by atoms with Crippen molar-refractivity contribution in [3.05, 3.63) is 259 Å². The van der Waals surface area contributed by atoms with Gasteiger partial charge in [-0.3, -0.25) is 0 Å². The van der Waals surface area contributed by atoms with Crippen molar-refractivity contribution >= 4 is 48.6 Å². The molecule has 2 aliphatic carbocycles. The van der Waals surface area contributed by atoms with E-state index in [9.17, 15) is 0 Å². The predicted molar refractivity (Wildman–Crippen MR) is 267 cm³/mol. The lowest BCUT2D eigenvalue weighted by atomic mass is 9.65. The van der Waals surface area contributed by atoms with Crippen LogP contribution in [0.1, 0.15) is 22.3 Å². The van der Waals surface area contributed by atoms with E-state index in [2.05, 4.69) is 241 Å². The van der Waals surface area contributed by atoms with Crippen LogP contribution >= 0.6 is 11.3 Å². The van der Waals surface area contributed by atoms with Gasteiger partial charge in [0.2, 0.25) is 0 Å². The topological polar surface area (TPSA) is 3.24 Å². The summed E-state index contributed by atoms with van der Waals surface area (Å²) in [5, 5.41) is 2.64. The maximum absolute atomic E-state index is 2.54. The van der Waals surface area contributed by atoms with Gasteiger partial charge in [-0.15, -0.1) is 11.3 Å². The van der Waals surface area contributed by atoms with Gasteiger partial charge in [-0.25, -0.2) is 0 Å². The first-order valence-corrected chi connectivity index (χ1v) is 22.6. The second kappa shape index (κ2) is 14.1. The van der Waals surface area contributed by atoms with Crippen LogP contribution in [0.25, 0.3) is 75.8 Å². The lowest BCUT2D eigenvalue weighted by molar-refractivity contribution is 0.776. The zero-order valence-electron chi connectivity index (χ0n) is 34.4. The molecule has 0 saturated heterocycles. The summed E-state index contributed by atoms with van der Waals surface area (Å²) in [5.41, 5.74) is 20.5. The zero-order valence-corrected chi connectivity index (χ0v) is 35.2. The van der Waals surface area contributed by atoms with E-state index in [-0.39, 0.29) is 0 Å². The number of benzene rings is 10. The van der Waals surface area contributed by atoms with Crippen LogP contribution in [-0.4, -0.2) is 0 Å². The Balaban J connectivity index is 1.08. The monoisotopic (exact) mass is 817 g/mol. The smallest absolute Gasteiger partial charge is 0.0725 e. The van der Waals surface area contributed by atoms with E-state index in [1.165, 1.54) is 98.1 Å². The zero-order chi connectivity index (χ0) is 41.5. The number of rotatable bonds is 5. The summed E-state index contributed by atoms with van der Waals surface area (Å²) >= 11 is 1.90. The van der Waals surface area contributed by atoms with Gasteiger partial charge in [-0.1, -0.05) is 182 Å². The molecule has 0 aliphatic heterocycles. The van der Waals surface area contributed by atoms with Crippen LogP contribution in [-0.2, 0) is 5.41 Å². The molecule has 13 rings (SSSR count). The maximum atomic E-state index is 2.54. The highest BCUT2D eigenvalue weighted by molar-refractivity contribution is 7.25. The van der Waals surface area contributed by atoms with E-state index in [4.69, 9.17) is 0 Å². The van der Waals surface area contributed by atoms with Crippen molar-refractivity contribution in [1.29, 1.82) is 0 Å². The Bertz CT molecular complexity index is 3470. The molecule has 10 aromatic carbocycles. The Labute approximate surface area is 371 Å². The van der Waals surface area contributed by atoms with Crippen molar-refractivity contribution in [2.75, 3.05) is 4.90 Å². The molecule has 1 aromatic heterocycles. The van der Waals surface area contributed by atoms with E-state index < -0.39 is 5.41 Å². The highest BCUT2D eigenvalue weighted by atomic mass is 32.1. The summed E-state index contributed by atoms with van der Waals surface area (Å²) in [6.45, 7) is 0. The lowest BCUT2D eigenvalue weighted by Gasteiger charge is -2.36. The summed E-state index contributed by atoms with van der Waals surface area (Å²) in [5.74, 6) is 0. The van der Waals surface area contributed by atoms with Gasteiger partial charge in [0.15, 0.2) is 0 Å². The molecular weight excluding hydrogens is 779 g/mol. The van der Waals surface area contributed by atoms with Crippen LogP contribution < -0.4 is 4.90 Å². The number of hydrogen-bond acceptors (Lipinski definition) is 2. The Morgan fingerprint density at radius 3 is 1.33 bits per heavy atom. The van der Waals surface area contributed by atoms with Gasteiger partial charge >= 0.3 is 0 Å². The highest BCUT2D eigenvalue weighted by Crippen LogP contribution is 2.63. The Morgan fingerprint density at radius 2 is 0.714 bits per heavy atom. The molecule has 1 nitrogen and oxygen atoms in total. The fourth-order valence-electron chi connectivity index (χ4n) is 10.8. The molecule has 1 spiro atoms. The molecule has 2 aliphatic rings. The molecule has 0 N–H and O–H groups in total. The van der Waals surface area contributed by atoms with Crippen LogP contribution in [0.15, 0.2) is 237 Å². The van der Waals surface area contributed by atoms with Crippen LogP contribution in [0.3, 0.4) is 0 Å². The van der Waals surface area contributed by atoms with Crippen molar-refractivity contribution in [3.8, 4) is 55.6 Å². The first-order valence-electron chi connectivity index (χ1n) is 21.7. The number of hydrogen-bond donors (Lipinski definition) is 0. The molecule has 294 valence electrons. The van der Waals surface area contributed by atoms with Crippen LogP contribution in [0.4, 0.5) is 17.1 Å². The van der Waals surface area contributed by atoms with E-state index in [0.29, 0.717) is 0 Å². The van der Waals surface area contributed by atoms with E-state index in [0.717, 1.165) is 17.1 Å². The summed E-state index contributed by atoms with van der Waals surface area (Å²) in [6, 6.07) is 88.0. The SMILES string of the molecule is c1ccc(-c2ccc(N(c3ccc(-c4ccccc4)cc3)c3ccc4c(c3)-c3ccccc3-c3ccccc3C43c4ccccc4-c4cc5sc6ccccc6c5cc43)cc2)cc1. The molecule has 0 amide bonds. The predicted octanol–water partition coefficient (Wildman–Crippen LogP) is 16.9. The van der Waals surface area contributed by atoms with Gasteiger partial charge in [0.1, 0.15) is 0 Å². The minimum absolute atomic E-state index is 0.577. The molecule has 1 heterocycles. The summed E-state index contributed by atoms with van der Waals surface area (Å²) in [7, 11) is 0. The summed E-state index contributed by atoms with van der Waals surface area (Å²) in [4.78, 5) is 2.43. The second-order valence-corrected chi connectivity index (χ2v) is 17.9. The number of nitrogens with zero attached hydrogens (tertiary/aromatic N) is 1. The minimum atomic E-state index is -0.577. The van der Waals surface area contributed by atoms with Gasteiger partial charge in [-0.05, 0) is 132 Å². The molecule has 1 atom stereocenters. The van der Waals surface area contributed by atoms with E-state index >= 15 is 0 Å². The molecular formula is C61H39NS. The Kier molecular flexibility index (Phi) is 8.06. The van der Waals surface area contributed by atoms with Crippen LogP contribution in [0, 0.1) is 0 Å².